The number of hydrogen-bond donors (Lipinski definition) is 0. The van der Waals surface area contributed by atoms with Crippen molar-refractivity contribution in [3.63, 3.8) is 0 Å². The van der Waals surface area contributed by atoms with E-state index in [4.69, 9.17) is 0 Å². The van der Waals surface area contributed by atoms with Gasteiger partial charge >= 0.3 is 0 Å². The van der Waals surface area contributed by atoms with Crippen LogP contribution in [0.25, 0.3) is 0 Å². The second-order valence-corrected chi connectivity index (χ2v) is 6.37. The zero-order chi connectivity index (χ0) is 9.68. The van der Waals surface area contributed by atoms with E-state index in [-0.39, 0.29) is 20.3 Å². The molecule has 0 fully saturated rings. The summed E-state index contributed by atoms with van der Waals surface area (Å²) in [5, 5.41) is 0. The van der Waals surface area contributed by atoms with Crippen LogP contribution < -0.4 is 0 Å². The molecule has 0 amide bonds. The number of hydrogen-bond acceptors (Lipinski definition) is 0. The normalized spacial score (nSPS) is 12.3. The molecular formula is C12H20ClP. The van der Waals surface area contributed by atoms with Gasteiger partial charge in [-0.2, -0.15) is 0 Å². The van der Waals surface area contributed by atoms with Gasteiger partial charge in [0.2, 0.25) is 0 Å². The number of rotatable bonds is 4. The molecule has 0 saturated heterocycles. The Hall–Kier alpha value is -0.0600. The fourth-order valence-corrected chi connectivity index (χ4v) is 2.88. The van der Waals surface area contributed by atoms with Crippen molar-refractivity contribution in [2.24, 2.45) is 0 Å². The van der Waals surface area contributed by atoms with Gasteiger partial charge in [0, 0.05) is 0 Å². The third-order valence-corrected chi connectivity index (χ3v) is 4.52. The van der Waals surface area contributed by atoms with Gasteiger partial charge in [0.1, 0.15) is 0 Å². The molecule has 1 aromatic rings. The molecule has 0 aliphatic rings. The van der Waals surface area contributed by atoms with Gasteiger partial charge < -0.3 is 0 Å². The molecule has 0 saturated carbocycles. The van der Waals surface area contributed by atoms with E-state index >= 15 is 0 Å². The molecule has 0 aliphatic carbocycles. The standard InChI is InChI=1S/C12H19P.ClH/c1-4-12(13(2)3)10-11-8-6-5-7-9-11;/h5-9,12H,4,10H2,1-3H3;1H. The predicted octanol–water partition coefficient (Wildman–Crippen LogP) is 4.17. The third kappa shape index (κ3) is 4.44. The van der Waals surface area contributed by atoms with Gasteiger partial charge in [-0.05, 0) is 37.4 Å². The van der Waals surface area contributed by atoms with Crippen LogP contribution in [0.5, 0.6) is 0 Å². The Morgan fingerprint density at radius 2 is 1.71 bits per heavy atom. The summed E-state index contributed by atoms with van der Waals surface area (Å²) >= 11 is 0. The van der Waals surface area contributed by atoms with E-state index < -0.39 is 0 Å². The maximum Gasteiger partial charge on any atom is -0.0176 e. The minimum atomic E-state index is 0. The molecule has 0 aliphatic heterocycles. The molecule has 0 aromatic heterocycles. The first-order chi connectivity index (χ1) is 6.24. The Morgan fingerprint density at radius 1 is 1.14 bits per heavy atom. The van der Waals surface area contributed by atoms with E-state index in [1.54, 1.807) is 0 Å². The smallest absolute Gasteiger partial charge is 0.0176 e. The highest BCUT2D eigenvalue weighted by Crippen LogP contribution is 2.36. The van der Waals surface area contributed by atoms with E-state index in [2.05, 4.69) is 50.6 Å². The molecule has 0 radical (unpaired) electrons. The van der Waals surface area contributed by atoms with Crippen LogP contribution in [0.15, 0.2) is 30.3 Å². The number of halogens is 1. The maximum atomic E-state index is 2.38. The molecule has 1 unspecified atom stereocenters. The zero-order valence-electron chi connectivity index (χ0n) is 9.23. The first-order valence-electron chi connectivity index (χ1n) is 4.94. The van der Waals surface area contributed by atoms with Gasteiger partial charge in [-0.3, -0.25) is 0 Å². The Morgan fingerprint density at radius 3 is 2.14 bits per heavy atom. The summed E-state index contributed by atoms with van der Waals surface area (Å²) in [6.45, 7) is 7.06. The van der Waals surface area contributed by atoms with Crippen LogP contribution in [0, 0.1) is 0 Å². The van der Waals surface area contributed by atoms with Gasteiger partial charge in [0.05, 0.1) is 0 Å². The average Bonchev–Trinajstić information content (AvgIpc) is 2.15. The molecule has 1 atom stereocenters. The van der Waals surface area contributed by atoms with Gasteiger partial charge in [0.15, 0.2) is 0 Å². The Kier molecular flexibility index (Phi) is 7.23. The van der Waals surface area contributed by atoms with Gasteiger partial charge in [-0.15, -0.1) is 20.3 Å². The first kappa shape index (κ1) is 13.9. The lowest BCUT2D eigenvalue weighted by Crippen LogP contribution is -2.06. The van der Waals surface area contributed by atoms with Crippen LogP contribution in [-0.4, -0.2) is 19.0 Å². The molecule has 0 N–H and O–H groups in total. The molecule has 14 heavy (non-hydrogen) atoms. The van der Waals surface area contributed by atoms with Crippen LogP contribution >= 0.6 is 20.3 Å². The highest BCUT2D eigenvalue weighted by molar-refractivity contribution is 7.56. The van der Waals surface area contributed by atoms with Crippen LogP contribution in [0.4, 0.5) is 0 Å². The summed E-state index contributed by atoms with van der Waals surface area (Å²) in [6.07, 6.45) is 2.57. The summed E-state index contributed by atoms with van der Waals surface area (Å²) in [5.74, 6) is 0. The second-order valence-electron chi connectivity index (χ2n) is 3.72. The van der Waals surface area contributed by atoms with Gasteiger partial charge in [-0.1, -0.05) is 37.3 Å². The van der Waals surface area contributed by atoms with Crippen LogP contribution in [0.2, 0.25) is 0 Å². The van der Waals surface area contributed by atoms with E-state index in [0.29, 0.717) is 0 Å². The first-order valence-corrected chi connectivity index (χ1v) is 7.25. The van der Waals surface area contributed by atoms with E-state index in [1.807, 2.05) is 0 Å². The molecule has 0 spiro atoms. The van der Waals surface area contributed by atoms with Crippen molar-refractivity contribution in [3.05, 3.63) is 35.9 Å². The Balaban J connectivity index is 0.00000169. The highest BCUT2D eigenvalue weighted by atomic mass is 35.5. The topological polar surface area (TPSA) is 0 Å². The molecule has 1 aromatic carbocycles. The fourth-order valence-electron chi connectivity index (χ4n) is 1.58. The summed E-state index contributed by atoms with van der Waals surface area (Å²) in [4.78, 5) is 0. The van der Waals surface area contributed by atoms with Crippen molar-refractivity contribution in [2.75, 3.05) is 13.3 Å². The SMILES string of the molecule is CCC(Cc1ccccc1)P(C)C.Cl. The largest absolute Gasteiger partial charge is 0.147 e. The van der Waals surface area contributed by atoms with Crippen molar-refractivity contribution in [2.45, 2.75) is 25.4 Å². The minimum Gasteiger partial charge on any atom is -0.147 e. The predicted molar refractivity (Wildman–Crippen MR) is 70.2 cm³/mol. The Labute approximate surface area is 95.3 Å². The van der Waals surface area contributed by atoms with E-state index in [1.165, 1.54) is 18.4 Å². The molecule has 1 rings (SSSR count). The molecule has 0 bridgehead atoms. The monoisotopic (exact) mass is 230 g/mol. The van der Waals surface area contributed by atoms with Crippen molar-refractivity contribution in [1.82, 2.24) is 0 Å². The molecule has 0 nitrogen and oxygen atoms in total. The minimum absolute atomic E-state index is 0. The van der Waals surface area contributed by atoms with E-state index in [0.717, 1.165) is 5.66 Å². The quantitative estimate of drug-likeness (QED) is 0.681. The molecular weight excluding hydrogens is 211 g/mol. The lowest BCUT2D eigenvalue weighted by Gasteiger charge is -2.19. The van der Waals surface area contributed by atoms with E-state index in [9.17, 15) is 0 Å². The third-order valence-electron chi connectivity index (χ3n) is 2.52. The fraction of sp³-hybridized carbons (Fsp3) is 0.500. The number of benzene rings is 1. The molecule has 0 heterocycles. The van der Waals surface area contributed by atoms with Crippen LogP contribution in [0.1, 0.15) is 18.9 Å². The summed E-state index contributed by atoms with van der Waals surface area (Å²) in [5.41, 5.74) is 2.39. The highest BCUT2D eigenvalue weighted by Gasteiger charge is 2.10. The summed E-state index contributed by atoms with van der Waals surface area (Å²) in [6, 6.07) is 10.8. The summed E-state index contributed by atoms with van der Waals surface area (Å²) < 4.78 is 0. The van der Waals surface area contributed by atoms with Crippen molar-refractivity contribution in [3.8, 4) is 0 Å². The zero-order valence-corrected chi connectivity index (χ0v) is 10.9. The molecule has 2 heteroatoms. The lowest BCUT2D eigenvalue weighted by molar-refractivity contribution is 0.806. The molecule has 80 valence electrons. The second kappa shape index (κ2) is 7.26. The van der Waals surface area contributed by atoms with Crippen molar-refractivity contribution < 1.29 is 0 Å². The van der Waals surface area contributed by atoms with Gasteiger partial charge in [-0.25, -0.2) is 0 Å². The van der Waals surface area contributed by atoms with Crippen LogP contribution in [0.3, 0.4) is 0 Å². The average molecular weight is 231 g/mol. The Bertz CT molecular complexity index is 233. The van der Waals surface area contributed by atoms with Crippen molar-refractivity contribution >= 4 is 20.3 Å². The van der Waals surface area contributed by atoms with Gasteiger partial charge in [0.25, 0.3) is 0 Å². The van der Waals surface area contributed by atoms with Crippen molar-refractivity contribution in [1.29, 1.82) is 0 Å². The maximum absolute atomic E-state index is 2.38. The lowest BCUT2D eigenvalue weighted by atomic mass is 10.1. The van der Waals surface area contributed by atoms with Crippen LogP contribution in [-0.2, 0) is 6.42 Å². The summed E-state index contributed by atoms with van der Waals surface area (Å²) in [7, 11) is 0.212.